The molecule has 28 heavy (non-hydrogen) atoms. The summed E-state index contributed by atoms with van der Waals surface area (Å²) in [5.41, 5.74) is 3.83. The molecule has 1 unspecified atom stereocenters. The van der Waals surface area contributed by atoms with Crippen molar-refractivity contribution >= 4 is 21.6 Å². The summed E-state index contributed by atoms with van der Waals surface area (Å²) in [6.45, 7) is 6.24. The molecule has 6 heteroatoms. The summed E-state index contributed by atoms with van der Waals surface area (Å²) in [6.07, 6.45) is 2.73. The molecule has 0 saturated heterocycles. The maximum absolute atomic E-state index is 12.5. The fraction of sp³-hybridized carbons (Fsp3) is 0.409. The van der Waals surface area contributed by atoms with Gasteiger partial charge in [-0.2, -0.15) is 0 Å². The highest BCUT2D eigenvalue weighted by atomic mass is 32.2. The molecule has 152 valence electrons. The van der Waals surface area contributed by atoms with Crippen LogP contribution in [0, 0.1) is 13.8 Å². The third kappa shape index (κ3) is 5.83. The first-order valence-corrected chi connectivity index (χ1v) is 11.5. The molecule has 1 amide bonds. The zero-order valence-corrected chi connectivity index (χ0v) is 17.9. The van der Waals surface area contributed by atoms with Crippen molar-refractivity contribution in [3.8, 4) is 0 Å². The Balaban J connectivity index is 1.99. The first-order valence-electron chi connectivity index (χ1n) is 9.62. The van der Waals surface area contributed by atoms with Gasteiger partial charge in [0.05, 0.1) is 18.0 Å². The zero-order chi connectivity index (χ0) is 20.7. The van der Waals surface area contributed by atoms with Crippen LogP contribution < -0.4 is 9.62 Å². The van der Waals surface area contributed by atoms with Gasteiger partial charge < -0.3 is 5.32 Å². The highest BCUT2D eigenvalue weighted by Gasteiger charge is 2.20. The van der Waals surface area contributed by atoms with E-state index in [-0.39, 0.29) is 24.9 Å². The van der Waals surface area contributed by atoms with E-state index >= 15 is 0 Å². The topological polar surface area (TPSA) is 66.5 Å². The average Bonchev–Trinajstić information content (AvgIpc) is 2.64. The van der Waals surface area contributed by atoms with Crippen molar-refractivity contribution in [3.63, 3.8) is 0 Å². The Morgan fingerprint density at radius 2 is 1.64 bits per heavy atom. The first kappa shape index (κ1) is 22.0. The molecule has 0 aromatic heterocycles. The number of nitrogens with one attached hydrogen (secondary N) is 1. The molecule has 5 nitrogen and oxygen atoms in total. The van der Waals surface area contributed by atoms with Gasteiger partial charge in [0.1, 0.15) is 0 Å². The molecule has 0 heterocycles. The molecule has 0 aliphatic carbocycles. The predicted octanol–water partition coefficient (Wildman–Crippen LogP) is 4.12. The lowest BCUT2D eigenvalue weighted by molar-refractivity contribution is -0.121. The van der Waals surface area contributed by atoms with E-state index in [1.54, 1.807) is 6.07 Å². The molecule has 2 aromatic rings. The highest BCUT2D eigenvalue weighted by Crippen LogP contribution is 2.23. The lowest BCUT2D eigenvalue weighted by atomic mass is 9.99. The standard InChI is InChI=1S/C22H30N2O3S/c1-5-20(19-13-8-6-11-17(19)2)23-22(25)15-10-16-24(28(4,26)27)21-14-9-7-12-18(21)3/h6-9,11-14,20H,5,10,15-16H2,1-4H3,(H,23,25). The van der Waals surface area contributed by atoms with E-state index in [1.807, 2.05) is 63.2 Å². The van der Waals surface area contributed by atoms with Crippen LogP contribution in [0.5, 0.6) is 0 Å². The monoisotopic (exact) mass is 402 g/mol. The van der Waals surface area contributed by atoms with E-state index in [2.05, 4.69) is 5.32 Å². The van der Waals surface area contributed by atoms with E-state index in [9.17, 15) is 13.2 Å². The fourth-order valence-corrected chi connectivity index (χ4v) is 4.36. The molecular weight excluding hydrogens is 372 g/mol. The Kier molecular flexibility index (Phi) is 7.63. The van der Waals surface area contributed by atoms with Gasteiger partial charge in [0.2, 0.25) is 15.9 Å². The summed E-state index contributed by atoms with van der Waals surface area (Å²) < 4.78 is 25.8. The molecule has 1 N–H and O–H groups in total. The quantitative estimate of drug-likeness (QED) is 0.686. The number of amides is 1. The summed E-state index contributed by atoms with van der Waals surface area (Å²) in [5, 5.41) is 3.08. The van der Waals surface area contributed by atoms with Crippen LogP contribution in [-0.4, -0.2) is 27.1 Å². The van der Waals surface area contributed by atoms with Crippen molar-refractivity contribution in [1.29, 1.82) is 0 Å². The lowest BCUT2D eigenvalue weighted by Gasteiger charge is -2.24. The normalized spacial score (nSPS) is 12.4. The molecule has 0 saturated carbocycles. The molecule has 0 aliphatic heterocycles. The molecule has 0 bridgehead atoms. The van der Waals surface area contributed by atoms with Gasteiger partial charge in [0.15, 0.2) is 0 Å². The molecular formula is C22H30N2O3S. The maximum Gasteiger partial charge on any atom is 0.232 e. The van der Waals surface area contributed by atoms with Gasteiger partial charge >= 0.3 is 0 Å². The molecule has 2 rings (SSSR count). The molecule has 0 radical (unpaired) electrons. The van der Waals surface area contributed by atoms with Gasteiger partial charge in [-0.3, -0.25) is 9.10 Å². The summed E-state index contributed by atoms with van der Waals surface area (Å²) in [4.78, 5) is 12.5. The molecule has 2 aromatic carbocycles. The largest absolute Gasteiger partial charge is 0.349 e. The van der Waals surface area contributed by atoms with Crippen LogP contribution in [-0.2, 0) is 14.8 Å². The Labute approximate surface area is 168 Å². The Morgan fingerprint density at radius 3 is 2.21 bits per heavy atom. The van der Waals surface area contributed by atoms with Crippen LogP contribution in [0.25, 0.3) is 0 Å². The van der Waals surface area contributed by atoms with Crippen molar-refractivity contribution in [2.24, 2.45) is 0 Å². The number of para-hydroxylation sites is 1. The van der Waals surface area contributed by atoms with Gasteiger partial charge in [-0.25, -0.2) is 8.42 Å². The number of hydrogen-bond donors (Lipinski definition) is 1. The molecule has 0 fully saturated rings. The van der Waals surface area contributed by atoms with E-state index in [4.69, 9.17) is 0 Å². The minimum atomic E-state index is -3.41. The first-order chi connectivity index (χ1) is 13.2. The van der Waals surface area contributed by atoms with Crippen LogP contribution >= 0.6 is 0 Å². The van der Waals surface area contributed by atoms with Crippen molar-refractivity contribution in [3.05, 3.63) is 65.2 Å². The summed E-state index contributed by atoms with van der Waals surface area (Å²) in [6, 6.07) is 15.4. The molecule has 0 aliphatic rings. The van der Waals surface area contributed by atoms with Crippen molar-refractivity contribution in [1.82, 2.24) is 5.32 Å². The number of carbonyl (C=O) groups is 1. The van der Waals surface area contributed by atoms with E-state index in [1.165, 1.54) is 10.6 Å². The van der Waals surface area contributed by atoms with Crippen LogP contribution in [0.3, 0.4) is 0 Å². The number of carbonyl (C=O) groups excluding carboxylic acids is 1. The van der Waals surface area contributed by atoms with E-state index in [0.29, 0.717) is 12.1 Å². The van der Waals surface area contributed by atoms with Gasteiger partial charge in [-0.15, -0.1) is 0 Å². The third-order valence-electron chi connectivity index (χ3n) is 4.86. The van der Waals surface area contributed by atoms with Crippen LogP contribution in [0.1, 0.15) is 48.9 Å². The number of aryl methyl sites for hydroxylation is 2. The predicted molar refractivity (Wildman–Crippen MR) is 115 cm³/mol. The average molecular weight is 403 g/mol. The van der Waals surface area contributed by atoms with Crippen LogP contribution in [0.15, 0.2) is 48.5 Å². The Bertz CT molecular complexity index is 910. The Hall–Kier alpha value is -2.34. The van der Waals surface area contributed by atoms with Crippen LogP contribution in [0.2, 0.25) is 0 Å². The number of anilines is 1. The second kappa shape index (κ2) is 9.73. The number of rotatable bonds is 9. The van der Waals surface area contributed by atoms with Crippen molar-refractivity contribution in [2.75, 3.05) is 17.1 Å². The number of sulfonamides is 1. The second-order valence-corrected chi connectivity index (χ2v) is 9.02. The second-order valence-electron chi connectivity index (χ2n) is 7.11. The maximum atomic E-state index is 12.5. The molecule has 1 atom stereocenters. The van der Waals surface area contributed by atoms with E-state index in [0.717, 1.165) is 23.1 Å². The number of nitrogens with zero attached hydrogens (tertiary/aromatic N) is 1. The summed E-state index contributed by atoms with van der Waals surface area (Å²) >= 11 is 0. The fourth-order valence-electron chi connectivity index (χ4n) is 3.34. The smallest absolute Gasteiger partial charge is 0.232 e. The minimum Gasteiger partial charge on any atom is -0.349 e. The summed E-state index contributed by atoms with van der Waals surface area (Å²) in [7, 11) is -3.41. The Morgan fingerprint density at radius 1 is 1.04 bits per heavy atom. The van der Waals surface area contributed by atoms with Gasteiger partial charge in [0, 0.05) is 13.0 Å². The van der Waals surface area contributed by atoms with Gasteiger partial charge in [-0.1, -0.05) is 49.4 Å². The third-order valence-corrected chi connectivity index (χ3v) is 6.04. The highest BCUT2D eigenvalue weighted by molar-refractivity contribution is 7.92. The van der Waals surface area contributed by atoms with Crippen molar-refractivity contribution < 1.29 is 13.2 Å². The lowest BCUT2D eigenvalue weighted by Crippen LogP contribution is -2.33. The SMILES string of the molecule is CCC(NC(=O)CCCN(c1ccccc1C)S(C)(=O)=O)c1ccccc1C. The number of hydrogen-bond acceptors (Lipinski definition) is 3. The van der Waals surface area contributed by atoms with E-state index < -0.39 is 10.0 Å². The van der Waals surface area contributed by atoms with Crippen LogP contribution in [0.4, 0.5) is 5.69 Å². The zero-order valence-electron chi connectivity index (χ0n) is 17.1. The minimum absolute atomic E-state index is 0.0314. The number of benzene rings is 2. The molecule has 0 spiro atoms. The van der Waals surface area contributed by atoms with Crippen molar-refractivity contribution in [2.45, 2.75) is 46.1 Å². The van der Waals surface area contributed by atoms with Gasteiger partial charge in [0.25, 0.3) is 0 Å². The summed E-state index contributed by atoms with van der Waals surface area (Å²) in [5.74, 6) is -0.0617. The van der Waals surface area contributed by atoms with Gasteiger partial charge in [-0.05, 0) is 49.4 Å².